The van der Waals surface area contributed by atoms with Crippen LogP contribution < -0.4 is 11.3 Å². The van der Waals surface area contributed by atoms with Gasteiger partial charge in [0.25, 0.3) is 5.56 Å². The molecule has 14 heavy (non-hydrogen) atoms. The van der Waals surface area contributed by atoms with Gasteiger partial charge in [0.15, 0.2) is 0 Å². The third-order valence-electron chi connectivity index (χ3n) is 2.85. The number of aromatic nitrogens is 2. The van der Waals surface area contributed by atoms with Crippen LogP contribution in [0.15, 0.2) is 17.3 Å². The highest BCUT2D eigenvalue weighted by molar-refractivity contribution is 5.04. The van der Waals surface area contributed by atoms with Gasteiger partial charge in [0, 0.05) is 24.3 Å². The quantitative estimate of drug-likeness (QED) is 0.756. The molecule has 0 amide bonds. The summed E-state index contributed by atoms with van der Waals surface area (Å²) in [5.41, 5.74) is 5.88. The Bertz CT molecular complexity index is 366. The highest BCUT2D eigenvalue weighted by atomic mass is 16.1. The van der Waals surface area contributed by atoms with Crippen LogP contribution in [0.1, 0.15) is 37.3 Å². The number of nitrogens with two attached hydrogens (primary N) is 1. The second kappa shape index (κ2) is 3.92. The predicted octanol–water partition coefficient (Wildman–Crippen LogP) is 0.817. The van der Waals surface area contributed by atoms with Crippen molar-refractivity contribution in [1.82, 2.24) is 9.55 Å². The molecule has 1 heterocycles. The van der Waals surface area contributed by atoms with Gasteiger partial charge in [-0.3, -0.25) is 4.79 Å². The van der Waals surface area contributed by atoms with Gasteiger partial charge in [0.1, 0.15) is 0 Å². The van der Waals surface area contributed by atoms with E-state index in [9.17, 15) is 4.79 Å². The second-order valence-electron chi connectivity index (χ2n) is 3.79. The first-order valence-electron chi connectivity index (χ1n) is 5.08. The molecule has 1 aliphatic rings. The Kier molecular flexibility index (Phi) is 2.63. The van der Waals surface area contributed by atoms with E-state index in [0.29, 0.717) is 11.6 Å². The third kappa shape index (κ3) is 1.70. The standard InChI is InChI=1S/C10H15N3O/c11-5-8-6-13(7-12-10(8)14)9-3-1-2-4-9/h6-7,9H,1-5,11H2. The van der Waals surface area contributed by atoms with E-state index in [1.807, 2.05) is 10.8 Å². The van der Waals surface area contributed by atoms with Crippen LogP contribution in [0.3, 0.4) is 0 Å². The van der Waals surface area contributed by atoms with Crippen molar-refractivity contribution in [2.24, 2.45) is 5.73 Å². The molecule has 1 aliphatic carbocycles. The van der Waals surface area contributed by atoms with Gasteiger partial charge in [0.05, 0.1) is 6.33 Å². The highest BCUT2D eigenvalue weighted by Crippen LogP contribution is 2.28. The van der Waals surface area contributed by atoms with Crippen LogP contribution >= 0.6 is 0 Å². The average molecular weight is 193 g/mol. The van der Waals surface area contributed by atoms with Crippen LogP contribution in [0.25, 0.3) is 0 Å². The maximum atomic E-state index is 11.2. The van der Waals surface area contributed by atoms with E-state index in [0.717, 1.165) is 0 Å². The summed E-state index contributed by atoms with van der Waals surface area (Å²) >= 11 is 0. The van der Waals surface area contributed by atoms with E-state index < -0.39 is 0 Å². The number of hydrogen-bond donors (Lipinski definition) is 1. The summed E-state index contributed by atoms with van der Waals surface area (Å²) in [7, 11) is 0. The smallest absolute Gasteiger partial charge is 0.277 e. The second-order valence-corrected chi connectivity index (χ2v) is 3.79. The van der Waals surface area contributed by atoms with Gasteiger partial charge >= 0.3 is 0 Å². The first-order valence-corrected chi connectivity index (χ1v) is 5.08. The summed E-state index contributed by atoms with van der Waals surface area (Å²) in [5, 5.41) is 0. The van der Waals surface area contributed by atoms with Crippen molar-refractivity contribution >= 4 is 0 Å². The summed E-state index contributed by atoms with van der Waals surface area (Å²) in [5.74, 6) is 0. The molecule has 0 radical (unpaired) electrons. The molecule has 1 aromatic rings. The zero-order valence-corrected chi connectivity index (χ0v) is 8.15. The van der Waals surface area contributed by atoms with E-state index >= 15 is 0 Å². The molecule has 4 heteroatoms. The third-order valence-corrected chi connectivity index (χ3v) is 2.85. The molecule has 4 nitrogen and oxygen atoms in total. The maximum absolute atomic E-state index is 11.2. The fourth-order valence-corrected chi connectivity index (χ4v) is 2.01. The van der Waals surface area contributed by atoms with E-state index in [-0.39, 0.29) is 12.1 Å². The minimum Gasteiger partial charge on any atom is -0.335 e. The molecule has 0 saturated heterocycles. The monoisotopic (exact) mass is 193 g/mol. The summed E-state index contributed by atoms with van der Waals surface area (Å²) in [4.78, 5) is 15.0. The first-order chi connectivity index (χ1) is 6.81. The molecule has 76 valence electrons. The number of hydrogen-bond acceptors (Lipinski definition) is 3. The largest absolute Gasteiger partial charge is 0.335 e. The van der Waals surface area contributed by atoms with Gasteiger partial charge < -0.3 is 10.3 Å². The van der Waals surface area contributed by atoms with Crippen LogP contribution in [0.5, 0.6) is 0 Å². The molecule has 1 saturated carbocycles. The molecular weight excluding hydrogens is 178 g/mol. The van der Waals surface area contributed by atoms with Crippen molar-refractivity contribution in [1.29, 1.82) is 0 Å². The van der Waals surface area contributed by atoms with Crippen LogP contribution in [-0.2, 0) is 6.54 Å². The lowest BCUT2D eigenvalue weighted by Crippen LogP contribution is -2.20. The van der Waals surface area contributed by atoms with Crippen LogP contribution in [0.2, 0.25) is 0 Å². The summed E-state index contributed by atoms with van der Waals surface area (Å²) in [6, 6.07) is 0.522. The Balaban J connectivity index is 2.30. The van der Waals surface area contributed by atoms with Gasteiger partial charge in [-0.1, -0.05) is 12.8 Å². The van der Waals surface area contributed by atoms with E-state index in [1.54, 1.807) is 6.33 Å². The highest BCUT2D eigenvalue weighted by Gasteiger charge is 2.16. The molecule has 2 rings (SSSR count). The Morgan fingerprint density at radius 2 is 2.21 bits per heavy atom. The molecule has 0 aromatic carbocycles. The summed E-state index contributed by atoms with van der Waals surface area (Å²) in [6.07, 6.45) is 8.41. The van der Waals surface area contributed by atoms with Crippen molar-refractivity contribution in [2.75, 3.05) is 0 Å². The van der Waals surface area contributed by atoms with Crippen molar-refractivity contribution in [3.8, 4) is 0 Å². The lowest BCUT2D eigenvalue weighted by atomic mass is 10.2. The molecule has 1 fully saturated rings. The van der Waals surface area contributed by atoms with Crippen molar-refractivity contribution < 1.29 is 0 Å². The Hall–Kier alpha value is -1.16. The molecule has 0 bridgehead atoms. The molecule has 1 aromatic heterocycles. The fraction of sp³-hybridized carbons (Fsp3) is 0.600. The fourth-order valence-electron chi connectivity index (χ4n) is 2.01. The SMILES string of the molecule is NCc1cn(C2CCCC2)cnc1=O. The average Bonchev–Trinajstić information content (AvgIpc) is 2.71. The molecule has 2 N–H and O–H groups in total. The zero-order chi connectivity index (χ0) is 9.97. The maximum Gasteiger partial charge on any atom is 0.277 e. The lowest BCUT2D eigenvalue weighted by Gasteiger charge is -2.13. The topological polar surface area (TPSA) is 60.9 Å². The van der Waals surface area contributed by atoms with Gasteiger partial charge in [-0.05, 0) is 12.8 Å². The molecule has 0 spiro atoms. The first kappa shape index (κ1) is 9.40. The van der Waals surface area contributed by atoms with Gasteiger partial charge in [-0.2, -0.15) is 4.98 Å². The van der Waals surface area contributed by atoms with Crippen LogP contribution in [0, 0.1) is 0 Å². The number of nitrogens with zero attached hydrogens (tertiary/aromatic N) is 2. The summed E-state index contributed by atoms with van der Waals surface area (Å²) < 4.78 is 2.04. The van der Waals surface area contributed by atoms with Crippen molar-refractivity contribution in [3.63, 3.8) is 0 Å². The Labute approximate surface area is 82.8 Å². The van der Waals surface area contributed by atoms with Crippen LogP contribution in [-0.4, -0.2) is 9.55 Å². The molecular formula is C10H15N3O. The normalized spacial score (nSPS) is 17.5. The van der Waals surface area contributed by atoms with E-state index in [2.05, 4.69) is 4.98 Å². The predicted molar refractivity (Wildman–Crippen MR) is 53.9 cm³/mol. The zero-order valence-electron chi connectivity index (χ0n) is 8.15. The minimum atomic E-state index is -0.193. The molecule has 0 unspecified atom stereocenters. The Morgan fingerprint density at radius 3 is 2.86 bits per heavy atom. The van der Waals surface area contributed by atoms with Crippen molar-refractivity contribution in [2.45, 2.75) is 38.3 Å². The minimum absolute atomic E-state index is 0.193. The van der Waals surface area contributed by atoms with Crippen molar-refractivity contribution in [3.05, 3.63) is 28.4 Å². The Morgan fingerprint density at radius 1 is 1.50 bits per heavy atom. The van der Waals surface area contributed by atoms with Gasteiger partial charge in [-0.15, -0.1) is 0 Å². The van der Waals surface area contributed by atoms with Crippen LogP contribution in [0.4, 0.5) is 0 Å². The molecule has 0 aliphatic heterocycles. The lowest BCUT2D eigenvalue weighted by molar-refractivity contribution is 0.504. The number of rotatable bonds is 2. The van der Waals surface area contributed by atoms with E-state index in [1.165, 1.54) is 25.7 Å². The van der Waals surface area contributed by atoms with Gasteiger partial charge in [-0.25, -0.2) is 0 Å². The van der Waals surface area contributed by atoms with Gasteiger partial charge in [0.2, 0.25) is 0 Å². The summed E-state index contributed by atoms with van der Waals surface area (Å²) in [6.45, 7) is 0.277. The molecule has 0 atom stereocenters. The van der Waals surface area contributed by atoms with E-state index in [4.69, 9.17) is 5.73 Å².